The average Bonchev–Trinajstić information content (AvgIpc) is 2.66. The quantitative estimate of drug-likeness (QED) is 0.533. The topological polar surface area (TPSA) is 85.6 Å². The first kappa shape index (κ1) is 18.3. The van der Waals surface area contributed by atoms with Crippen molar-refractivity contribution in [1.82, 2.24) is 0 Å². The summed E-state index contributed by atoms with van der Waals surface area (Å²) < 4.78 is 10.8. The molecule has 3 aromatic rings. The summed E-state index contributed by atoms with van der Waals surface area (Å²) in [6.07, 6.45) is 0.997. The highest BCUT2D eigenvalue weighted by molar-refractivity contribution is 6.32. The lowest BCUT2D eigenvalue weighted by Gasteiger charge is -2.17. The predicted molar refractivity (Wildman–Crippen MR) is 105 cm³/mol. The van der Waals surface area contributed by atoms with Crippen LogP contribution in [0.2, 0.25) is 5.02 Å². The zero-order chi connectivity index (χ0) is 19.8. The first-order valence-electron chi connectivity index (χ1n) is 8.73. The minimum Gasteiger partial charge on any atom is -0.484 e. The van der Waals surface area contributed by atoms with Gasteiger partial charge in [-0.15, -0.1) is 0 Å². The van der Waals surface area contributed by atoms with Crippen molar-refractivity contribution in [2.45, 2.75) is 19.8 Å². The Morgan fingerprint density at radius 1 is 1.18 bits per heavy atom. The van der Waals surface area contributed by atoms with E-state index in [4.69, 9.17) is 20.8 Å². The van der Waals surface area contributed by atoms with Gasteiger partial charge in [-0.25, -0.2) is 4.79 Å². The summed E-state index contributed by atoms with van der Waals surface area (Å²) in [5, 5.41) is 3.82. The second-order valence-electron chi connectivity index (χ2n) is 6.66. The molecule has 1 aliphatic heterocycles. The van der Waals surface area contributed by atoms with E-state index in [0.717, 1.165) is 16.8 Å². The number of carbonyl (C=O) groups is 2. The Morgan fingerprint density at radius 2 is 2.00 bits per heavy atom. The molecule has 0 saturated heterocycles. The number of benzene rings is 2. The summed E-state index contributed by atoms with van der Waals surface area (Å²) in [6, 6.07) is 9.70. The van der Waals surface area contributed by atoms with Gasteiger partial charge in [-0.2, -0.15) is 0 Å². The van der Waals surface area contributed by atoms with Crippen LogP contribution in [0.15, 0.2) is 45.6 Å². The fraction of sp³-hybridized carbons (Fsp3) is 0.190. The van der Waals surface area contributed by atoms with E-state index in [1.807, 2.05) is 0 Å². The van der Waals surface area contributed by atoms with Gasteiger partial charge >= 0.3 is 5.63 Å². The molecule has 0 radical (unpaired) electrons. The van der Waals surface area contributed by atoms with Crippen molar-refractivity contribution < 1.29 is 18.7 Å². The lowest BCUT2D eigenvalue weighted by atomic mass is 9.99. The highest BCUT2D eigenvalue weighted by atomic mass is 35.5. The summed E-state index contributed by atoms with van der Waals surface area (Å²) in [5.41, 5.74) is 2.78. The summed E-state index contributed by atoms with van der Waals surface area (Å²) >= 11 is 6.26. The number of halogens is 1. The number of hydrogen-bond acceptors (Lipinski definition) is 5. The lowest BCUT2D eigenvalue weighted by Crippen LogP contribution is -2.20. The molecule has 1 aromatic heterocycles. The van der Waals surface area contributed by atoms with Crippen LogP contribution < -0.4 is 15.7 Å². The molecule has 6 nitrogen and oxygen atoms in total. The number of hydrogen-bond donors (Lipinski definition) is 1. The Bertz CT molecular complexity index is 1180. The molecule has 0 spiro atoms. The van der Waals surface area contributed by atoms with Gasteiger partial charge in [0.2, 0.25) is 5.91 Å². The highest BCUT2D eigenvalue weighted by Crippen LogP contribution is 2.31. The lowest BCUT2D eigenvalue weighted by molar-refractivity contribution is -0.116. The van der Waals surface area contributed by atoms with Gasteiger partial charge in [0.1, 0.15) is 11.3 Å². The van der Waals surface area contributed by atoms with E-state index in [9.17, 15) is 14.4 Å². The molecule has 0 bridgehead atoms. The SMILES string of the molecule is Cc1cc(=O)oc2cc(OCC(=O)c3ccc4c(c3)CCC(=O)N4)c(Cl)cc12. The Morgan fingerprint density at radius 3 is 2.82 bits per heavy atom. The van der Waals surface area contributed by atoms with Crippen molar-refractivity contribution in [3.63, 3.8) is 0 Å². The third-order valence-electron chi connectivity index (χ3n) is 4.69. The van der Waals surface area contributed by atoms with Crippen molar-refractivity contribution >= 4 is 39.9 Å². The molecule has 7 heteroatoms. The molecule has 0 saturated carbocycles. The molecule has 0 unspecified atom stereocenters. The minimum atomic E-state index is -0.463. The first-order valence-corrected chi connectivity index (χ1v) is 9.11. The van der Waals surface area contributed by atoms with E-state index in [1.54, 1.807) is 31.2 Å². The third kappa shape index (κ3) is 3.51. The van der Waals surface area contributed by atoms with E-state index in [2.05, 4.69) is 5.32 Å². The maximum Gasteiger partial charge on any atom is 0.336 e. The normalized spacial score (nSPS) is 13.1. The third-order valence-corrected chi connectivity index (χ3v) is 4.98. The number of anilines is 1. The Kier molecular flexibility index (Phi) is 4.65. The summed E-state index contributed by atoms with van der Waals surface area (Å²) in [6.45, 7) is 1.57. The molecule has 2 aromatic carbocycles. The number of fused-ring (bicyclic) bond motifs is 2. The minimum absolute atomic E-state index is 0.0252. The number of aryl methyl sites for hydroxylation is 2. The summed E-state index contributed by atoms with van der Waals surface area (Å²) in [4.78, 5) is 35.5. The van der Waals surface area contributed by atoms with E-state index < -0.39 is 5.63 Å². The van der Waals surface area contributed by atoms with Gasteiger partial charge in [0.15, 0.2) is 12.4 Å². The van der Waals surface area contributed by atoms with Gasteiger partial charge < -0.3 is 14.5 Å². The van der Waals surface area contributed by atoms with Crippen LogP contribution in [-0.4, -0.2) is 18.3 Å². The first-order chi connectivity index (χ1) is 13.4. The highest BCUT2D eigenvalue weighted by Gasteiger charge is 2.17. The van der Waals surface area contributed by atoms with Crippen LogP contribution >= 0.6 is 11.6 Å². The average molecular weight is 398 g/mol. The van der Waals surface area contributed by atoms with E-state index in [1.165, 1.54) is 12.1 Å². The molecule has 0 aliphatic carbocycles. The maximum absolute atomic E-state index is 12.5. The van der Waals surface area contributed by atoms with Crippen molar-refractivity contribution in [1.29, 1.82) is 0 Å². The molecule has 28 heavy (non-hydrogen) atoms. The molecular weight excluding hydrogens is 382 g/mol. The van der Waals surface area contributed by atoms with Crippen LogP contribution in [-0.2, 0) is 11.2 Å². The zero-order valence-corrected chi connectivity index (χ0v) is 15.8. The largest absolute Gasteiger partial charge is 0.484 e. The Hall–Kier alpha value is -3.12. The number of ether oxygens (including phenoxy) is 1. The molecule has 1 aliphatic rings. The smallest absolute Gasteiger partial charge is 0.336 e. The van der Waals surface area contributed by atoms with Gasteiger partial charge in [0.05, 0.1) is 5.02 Å². The zero-order valence-electron chi connectivity index (χ0n) is 15.0. The molecule has 4 rings (SSSR count). The van der Waals surface area contributed by atoms with Crippen LogP contribution in [0.25, 0.3) is 11.0 Å². The summed E-state index contributed by atoms with van der Waals surface area (Å²) in [7, 11) is 0. The van der Waals surface area contributed by atoms with Crippen LogP contribution in [0.1, 0.15) is 27.9 Å². The number of rotatable bonds is 4. The predicted octanol–water partition coefficient (Wildman–Crippen LogP) is 3.90. The van der Waals surface area contributed by atoms with E-state index in [-0.39, 0.29) is 24.0 Å². The fourth-order valence-corrected chi connectivity index (χ4v) is 3.43. The van der Waals surface area contributed by atoms with Gasteiger partial charge in [-0.05, 0) is 48.7 Å². The Balaban J connectivity index is 1.54. The van der Waals surface area contributed by atoms with Crippen molar-refractivity contribution in [3.05, 3.63) is 68.5 Å². The van der Waals surface area contributed by atoms with Crippen molar-refractivity contribution in [2.24, 2.45) is 0 Å². The van der Waals surface area contributed by atoms with Gasteiger partial charge in [0.25, 0.3) is 0 Å². The number of carbonyl (C=O) groups excluding carboxylic acids is 2. The molecule has 0 fully saturated rings. The Labute approximate surface area is 165 Å². The fourth-order valence-electron chi connectivity index (χ4n) is 3.21. The molecule has 1 N–H and O–H groups in total. The van der Waals surface area contributed by atoms with E-state index >= 15 is 0 Å². The second kappa shape index (κ2) is 7.13. The molecule has 0 atom stereocenters. The van der Waals surface area contributed by atoms with Gasteiger partial charge in [-0.1, -0.05) is 11.6 Å². The number of ketones is 1. The molecule has 142 valence electrons. The second-order valence-corrected chi connectivity index (χ2v) is 7.07. The van der Waals surface area contributed by atoms with Gasteiger partial charge in [-0.3, -0.25) is 9.59 Å². The molecule has 1 amide bonds. The molecule has 2 heterocycles. The van der Waals surface area contributed by atoms with Crippen LogP contribution in [0.3, 0.4) is 0 Å². The standard InChI is InChI=1S/C21H16ClNO5/c1-11-6-21(26)28-18-9-19(15(22)8-14(11)18)27-10-17(24)13-2-4-16-12(7-13)3-5-20(25)23-16/h2,4,6-9H,3,5,10H2,1H3,(H,23,25). The number of nitrogens with one attached hydrogen (secondary N) is 1. The number of Topliss-reactive ketones (excluding diaryl/α,β-unsaturated/α-hetero) is 1. The van der Waals surface area contributed by atoms with E-state index in [0.29, 0.717) is 34.4 Å². The maximum atomic E-state index is 12.5. The van der Waals surface area contributed by atoms with Crippen LogP contribution in [0, 0.1) is 6.92 Å². The number of amides is 1. The van der Waals surface area contributed by atoms with Crippen LogP contribution in [0.4, 0.5) is 5.69 Å². The van der Waals surface area contributed by atoms with Crippen molar-refractivity contribution in [2.75, 3.05) is 11.9 Å². The van der Waals surface area contributed by atoms with Crippen molar-refractivity contribution in [3.8, 4) is 5.75 Å². The monoisotopic (exact) mass is 397 g/mol. The summed E-state index contributed by atoms with van der Waals surface area (Å²) in [5.74, 6) is 0.0193. The molecular formula is C21H16ClNO5. The van der Waals surface area contributed by atoms with Crippen LogP contribution in [0.5, 0.6) is 5.75 Å². The van der Waals surface area contributed by atoms with Gasteiger partial charge in [0, 0.05) is 35.2 Å².